The van der Waals surface area contributed by atoms with Gasteiger partial charge in [-0.2, -0.15) is 0 Å². The second-order valence-corrected chi connectivity index (χ2v) is 8.85. The number of nitrogens with one attached hydrogen (secondary N) is 1. The van der Waals surface area contributed by atoms with Crippen molar-refractivity contribution in [1.29, 1.82) is 0 Å². The van der Waals surface area contributed by atoms with E-state index in [-0.39, 0.29) is 18.4 Å². The molecule has 2 amide bonds. The molecule has 0 aliphatic carbocycles. The van der Waals surface area contributed by atoms with Crippen LogP contribution in [0.15, 0.2) is 54.6 Å². The summed E-state index contributed by atoms with van der Waals surface area (Å²) in [5, 5.41) is 3.50. The van der Waals surface area contributed by atoms with E-state index in [1.54, 1.807) is 4.90 Å². The number of para-hydroxylation sites is 1. The molecular formula is C26H28N2O4S. The van der Waals surface area contributed by atoms with Gasteiger partial charge in [0.1, 0.15) is 10.8 Å². The molecule has 1 fully saturated rings. The minimum Gasteiger partial charge on any atom is -0.483 e. The number of morpholine rings is 1. The zero-order valence-electron chi connectivity index (χ0n) is 18.9. The van der Waals surface area contributed by atoms with Gasteiger partial charge in [-0.3, -0.25) is 9.59 Å². The fourth-order valence-corrected chi connectivity index (χ4v) is 5.11. The highest BCUT2D eigenvalue weighted by atomic mass is 32.1. The first-order valence-electron chi connectivity index (χ1n) is 11.1. The molecule has 33 heavy (non-hydrogen) atoms. The van der Waals surface area contributed by atoms with Gasteiger partial charge in [0.25, 0.3) is 11.8 Å². The lowest BCUT2D eigenvalue weighted by Gasteiger charge is -2.27. The molecule has 0 spiro atoms. The van der Waals surface area contributed by atoms with Crippen molar-refractivity contribution in [3.05, 3.63) is 71.3 Å². The average molecular weight is 465 g/mol. The molecule has 1 aliphatic rings. The minimum atomic E-state index is -0.294. The van der Waals surface area contributed by atoms with E-state index < -0.39 is 0 Å². The number of benzene rings is 2. The predicted octanol–water partition coefficient (Wildman–Crippen LogP) is 4.78. The molecule has 2 heterocycles. The second kappa shape index (κ2) is 10.6. The monoisotopic (exact) mass is 464 g/mol. The van der Waals surface area contributed by atoms with Gasteiger partial charge in [-0.1, -0.05) is 55.5 Å². The summed E-state index contributed by atoms with van der Waals surface area (Å²) in [6.45, 7) is 5.99. The predicted molar refractivity (Wildman–Crippen MR) is 131 cm³/mol. The third-order valence-electron chi connectivity index (χ3n) is 5.66. The van der Waals surface area contributed by atoms with Crippen LogP contribution in [0.2, 0.25) is 0 Å². The van der Waals surface area contributed by atoms with Gasteiger partial charge in [0.05, 0.1) is 18.8 Å². The Morgan fingerprint density at radius 1 is 1.06 bits per heavy atom. The van der Waals surface area contributed by atoms with Crippen LogP contribution in [-0.4, -0.2) is 49.6 Å². The Hall–Kier alpha value is -3.16. The molecule has 0 radical (unpaired) electrons. The summed E-state index contributed by atoms with van der Waals surface area (Å²) in [6.07, 6.45) is 0.820. The summed E-state index contributed by atoms with van der Waals surface area (Å²) in [4.78, 5) is 29.0. The SMILES string of the molecule is CCc1ccccc1OCC(=O)Nc1sc(-c2ccccc2)c(C)c1C(=O)N1CCOCC1. The number of ether oxygens (including phenoxy) is 2. The first kappa shape index (κ1) is 23.0. The summed E-state index contributed by atoms with van der Waals surface area (Å²) >= 11 is 1.42. The van der Waals surface area contributed by atoms with Gasteiger partial charge in [0.2, 0.25) is 0 Å². The number of amides is 2. The van der Waals surface area contributed by atoms with E-state index >= 15 is 0 Å². The van der Waals surface area contributed by atoms with Crippen molar-refractivity contribution >= 4 is 28.2 Å². The standard InChI is InChI=1S/C26H28N2O4S/c1-3-19-9-7-8-12-21(19)32-17-22(29)27-25-23(26(30)28-13-15-31-16-14-28)18(2)24(33-25)20-10-5-4-6-11-20/h4-12H,3,13-17H2,1-2H3,(H,27,29). The number of hydrogen-bond donors (Lipinski definition) is 1. The lowest BCUT2D eigenvalue weighted by atomic mass is 10.1. The van der Waals surface area contributed by atoms with Gasteiger partial charge in [-0.05, 0) is 36.1 Å². The number of aryl methyl sites for hydroxylation is 1. The first-order chi connectivity index (χ1) is 16.1. The fourth-order valence-electron chi connectivity index (χ4n) is 3.89. The summed E-state index contributed by atoms with van der Waals surface area (Å²) in [5.74, 6) is 0.326. The van der Waals surface area contributed by atoms with Crippen LogP contribution in [0.3, 0.4) is 0 Å². The van der Waals surface area contributed by atoms with Crippen LogP contribution in [0, 0.1) is 6.92 Å². The number of anilines is 1. The molecule has 3 aromatic rings. The summed E-state index contributed by atoms with van der Waals surface area (Å²) < 4.78 is 11.2. The van der Waals surface area contributed by atoms with Crippen molar-refractivity contribution in [3.63, 3.8) is 0 Å². The van der Waals surface area contributed by atoms with Crippen molar-refractivity contribution in [2.45, 2.75) is 20.3 Å². The van der Waals surface area contributed by atoms with Gasteiger partial charge in [-0.15, -0.1) is 11.3 Å². The number of hydrogen-bond acceptors (Lipinski definition) is 5. The highest BCUT2D eigenvalue weighted by molar-refractivity contribution is 7.20. The molecule has 1 N–H and O–H groups in total. The summed E-state index contributed by atoms with van der Waals surface area (Å²) in [7, 11) is 0. The van der Waals surface area contributed by atoms with Crippen molar-refractivity contribution in [1.82, 2.24) is 4.90 Å². The molecule has 172 valence electrons. The summed E-state index contributed by atoms with van der Waals surface area (Å²) in [5.41, 5.74) is 3.48. The Morgan fingerprint density at radius 3 is 2.48 bits per heavy atom. The molecule has 0 saturated carbocycles. The maximum absolute atomic E-state index is 13.4. The van der Waals surface area contributed by atoms with Crippen LogP contribution in [0.25, 0.3) is 10.4 Å². The highest BCUT2D eigenvalue weighted by Crippen LogP contribution is 2.40. The van der Waals surface area contributed by atoms with Crippen molar-refractivity contribution in [2.24, 2.45) is 0 Å². The summed E-state index contributed by atoms with van der Waals surface area (Å²) in [6, 6.07) is 17.6. The van der Waals surface area contributed by atoms with E-state index in [9.17, 15) is 9.59 Å². The van der Waals surface area contributed by atoms with E-state index in [2.05, 4.69) is 5.32 Å². The highest BCUT2D eigenvalue weighted by Gasteiger charge is 2.28. The smallest absolute Gasteiger partial charge is 0.262 e. The van der Waals surface area contributed by atoms with E-state index in [1.165, 1.54) is 11.3 Å². The third-order valence-corrected chi connectivity index (χ3v) is 6.92. The average Bonchev–Trinajstić information content (AvgIpc) is 3.18. The van der Waals surface area contributed by atoms with Gasteiger partial charge in [0.15, 0.2) is 6.61 Å². The normalized spacial score (nSPS) is 13.6. The molecule has 1 aliphatic heterocycles. The number of carbonyl (C=O) groups is 2. The van der Waals surface area contributed by atoms with Crippen LogP contribution in [0.4, 0.5) is 5.00 Å². The minimum absolute atomic E-state index is 0.0817. The van der Waals surface area contributed by atoms with E-state index in [0.29, 0.717) is 42.6 Å². The lowest BCUT2D eigenvalue weighted by Crippen LogP contribution is -2.41. The lowest BCUT2D eigenvalue weighted by molar-refractivity contribution is -0.118. The van der Waals surface area contributed by atoms with Gasteiger partial charge in [0, 0.05) is 18.0 Å². The Morgan fingerprint density at radius 2 is 1.76 bits per heavy atom. The molecule has 4 rings (SSSR count). The Labute approximate surface area is 198 Å². The van der Waals surface area contributed by atoms with Crippen LogP contribution in [0.1, 0.15) is 28.4 Å². The van der Waals surface area contributed by atoms with E-state index in [4.69, 9.17) is 9.47 Å². The van der Waals surface area contributed by atoms with Crippen molar-refractivity contribution < 1.29 is 19.1 Å². The maximum Gasteiger partial charge on any atom is 0.262 e. The molecule has 1 saturated heterocycles. The van der Waals surface area contributed by atoms with E-state index in [0.717, 1.165) is 28.0 Å². The van der Waals surface area contributed by atoms with Crippen LogP contribution < -0.4 is 10.1 Å². The fraction of sp³-hybridized carbons (Fsp3) is 0.308. The molecule has 6 nitrogen and oxygen atoms in total. The Bertz CT molecular complexity index is 1120. The maximum atomic E-state index is 13.4. The molecule has 1 aromatic heterocycles. The third kappa shape index (κ3) is 5.26. The Balaban J connectivity index is 1.59. The van der Waals surface area contributed by atoms with Crippen molar-refractivity contribution in [3.8, 4) is 16.2 Å². The topological polar surface area (TPSA) is 67.9 Å². The number of thiophene rings is 1. The van der Waals surface area contributed by atoms with E-state index in [1.807, 2.05) is 68.4 Å². The van der Waals surface area contributed by atoms with Gasteiger partial charge < -0.3 is 19.7 Å². The number of carbonyl (C=O) groups excluding carboxylic acids is 2. The molecule has 7 heteroatoms. The largest absolute Gasteiger partial charge is 0.483 e. The molecule has 0 atom stereocenters. The second-order valence-electron chi connectivity index (χ2n) is 7.83. The quantitative estimate of drug-likeness (QED) is 0.547. The zero-order chi connectivity index (χ0) is 23.2. The van der Waals surface area contributed by atoms with Gasteiger partial charge >= 0.3 is 0 Å². The van der Waals surface area contributed by atoms with Gasteiger partial charge in [-0.25, -0.2) is 0 Å². The molecular weight excluding hydrogens is 436 g/mol. The molecule has 2 aromatic carbocycles. The van der Waals surface area contributed by atoms with Crippen LogP contribution in [-0.2, 0) is 16.0 Å². The van der Waals surface area contributed by atoms with Crippen LogP contribution in [0.5, 0.6) is 5.75 Å². The van der Waals surface area contributed by atoms with Crippen molar-refractivity contribution in [2.75, 3.05) is 38.2 Å². The molecule has 0 bridgehead atoms. The van der Waals surface area contributed by atoms with Crippen LogP contribution >= 0.6 is 11.3 Å². The zero-order valence-corrected chi connectivity index (χ0v) is 19.7. The first-order valence-corrected chi connectivity index (χ1v) is 12.0. The Kier molecular flexibility index (Phi) is 7.42. The number of nitrogens with zero attached hydrogens (tertiary/aromatic N) is 1. The number of rotatable bonds is 7. The molecule has 0 unspecified atom stereocenters.